The van der Waals surface area contributed by atoms with Crippen LogP contribution in [0.15, 0.2) is 52.4 Å². The fourth-order valence-corrected chi connectivity index (χ4v) is 3.28. The normalized spacial score (nSPS) is 16.5. The first-order valence-corrected chi connectivity index (χ1v) is 9.19. The van der Waals surface area contributed by atoms with Gasteiger partial charge in [0.2, 0.25) is 0 Å². The van der Waals surface area contributed by atoms with Gasteiger partial charge in [-0.3, -0.25) is 4.79 Å². The number of amidine groups is 1. The number of hydrogen-bond acceptors (Lipinski definition) is 6. The molecule has 3 rings (SSSR count). The van der Waals surface area contributed by atoms with E-state index in [-0.39, 0.29) is 5.91 Å². The number of methoxy groups -OCH3 is 2. The molecule has 2 aromatic carbocycles. The third-order valence-corrected chi connectivity index (χ3v) is 4.66. The summed E-state index contributed by atoms with van der Waals surface area (Å²) in [5, 5.41) is 3.28. The van der Waals surface area contributed by atoms with Crippen LogP contribution in [-0.2, 0) is 4.79 Å². The number of nitrogens with zero attached hydrogens (tertiary/aromatic N) is 1. The number of rotatable bonds is 6. The van der Waals surface area contributed by atoms with Crippen LogP contribution in [0, 0.1) is 0 Å². The number of carbonyl (C=O) groups excluding carboxylic acids is 1. The second-order valence-electron chi connectivity index (χ2n) is 5.52. The number of carbonyl (C=O) groups is 1. The van der Waals surface area contributed by atoms with Gasteiger partial charge >= 0.3 is 0 Å². The Morgan fingerprint density at radius 2 is 1.81 bits per heavy atom. The molecule has 140 valence electrons. The van der Waals surface area contributed by atoms with Crippen LogP contribution in [0.5, 0.6) is 17.2 Å². The van der Waals surface area contributed by atoms with Gasteiger partial charge in [-0.2, -0.15) is 0 Å². The van der Waals surface area contributed by atoms with E-state index in [1.54, 1.807) is 32.4 Å². The topological polar surface area (TPSA) is 69.2 Å². The van der Waals surface area contributed by atoms with Gasteiger partial charge in [-0.15, -0.1) is 0 Å². The SMILES string of the molecule is CCOc1ccc(C=C2SC(=Nc3ccc(OC)cc3OC)NC2=O)cc1. The Kier molecular flexibility index (Phi) is 6.03. The molecule has 1 aliphatic heterocycles. The van der Waals surface area contributed by atoms with E-state index in [9.17, 15) is 4.79 Å². The van der Waals surface area contributed by atoms with Gasteiger partial charge in [-0.25, -0.2) is 4.99 Å². The van der Waals surface area contributed by atoms with Crippen LogP contribution in [-0.4, -0.2) is 31.9 Å². The summed E-state index contributed by atoms with van der Waals surface area (Å²) in [6, 6.07) is 12.9. The molecule has 0 atom stereocenters. The molecule has 0 unspecified atom stereocenters. The number of thioether (sulfide) groups is 1. The fourth-order valence-electron chi connectivity index (χ4n) is 2.45. The molecule has 1 fully saturated rings. The van der Waals surface area contributed by atoms with E-state index in [0.29, 0.717) is 33.9 Å². The van der Waals surface area contributed by atoms with Crippen LogP contribution in [0.1, 0.15) is 12.5 Å². The fraction of sp³-hybridized carbons (Fsp3) is 0.200. The molecule has 1 heterocycles. The lowest BCUT2D eigenvalue weighted by Gasteiger charge is -2.07. The minimum Gasteiger partial charge on any atom is -0.497 e. The van der Waals surface area contributed by atoms with Crippen molar-refractivity contribution in [2.75, 3.05) is 20.8 Å². The van der Waals surface area contributed by atoms with E-state index >= 15 is 0 Å². The van der Waals surface area contributed by atoms with E-state index in [0.717, 1.165) is 11.3 Å². The number of amides is 1. The third-order valence-electron chi connectivity index (χ3n) is 3.75. The largest absolute Gasteiger partial charge is 0.497 e. The number of benzene rings is 2. The first kappa shape index (κ1) is 18.8. The summed E-state index contributed by atoms with van der Waals surface area (Å²) in [4.78, 5) is 17.3. The minimum absolute atomic E-state index is 0.180. The van der Waals surface area contributed by atoms with Crippen LogP contribution in [0.4, 0.5) is 5.69 Å². The highest BCUT2D eigenvalue weighted by molar-refractivity contribution is 8.18. The summed E-state index contributed by atoms with van der Waals surface area (Å²) in [5.41, 5.74) is 1.53. The van der Waals surface area contributed by atoms with Crippen molar-refractivity contribution in [2.45, 2.75) is 6.92 Å². The van der Waals surface area contributed by atoms with Crippen molar-refractivity contribution in [3.05, 3.63) is 52.9 Å². The predicted octanol–water partition coefficient (Wildman–Crippen LogP) is 3.99. The highest BCUT2D eigenvalue weighted by atomic mass is 32.2. The first-order chi connectivity index (χ1) is 13.1. The average molecular weight is 384 g/mol. The zero-order chi connectivity index (χ0) is 19.2. The van der Waals surface area contributed by atoms with Crippen molar-refractivity contribution in [2.24, 2.45) is 4.99 Å². The Labute approximate surface area is 162 Å². The Hall–Kier alpha value is -2.93. The van der Waals surface area contributed by atoms with Crippen LogP contribution < -0.4 is 19.5 Å². The molecule has 0 aromatic heterocycles. The van der Waals surface area contributed by atoms with E-state index in [4.69, 9.17) is 14.2 Å². The highest BCUT2D eigenvalue weighted by Gasteiger charge is 2.24. The summed E-state index contributed by atoms with van der Waals surface area (Å²) in [7, 11) is 3.15. The summed E-state index contributed by atoms with van der Waals surface area (Å²) < 4.78 is 16.0. The third kappa shape index (κ3) is 4.62. The molecule has 0 radical (unpaired) electrons. The molecular formula is C20H20N2O4S. The van der Waals surface area contributed by atoms with Gasteiger partial charge in [0.25, 0.3) is 5.91 Å². The van der Waals surface area contributed by atoms with Crippen molar-refractivity contribution in [3.63, 3.8) is 0 Å². The molecule has 27 heavy (non-hydrogen) atoms. The lowest BCUT2D eigenvalue weighted by molar-refractivity contribution is -0.115. The summed E-state index contributed by atoms with van der Waals surface area (Å²) >= 11 is 1.28. The van der Waals surface area contributed by atoms with E-state index in [1.807, 2.05) is 37.3 Å². The van der Waals surface area contributed by atoms with Gasteiger partial charge in [0.15, 0.2) is 5.17 Å². The molecule has 0 bridgehead atoms. The molecule has 2 aromatic rings. The van der Waals surface area contributed by atoms with Gasteiger partial charge in [0.1, 0.15) is 22.9 Å². The van der Waals surface area contributed by atoms with Gasteiger partial charge in [0.05, 0.1) is 25.7 Å². The molecule has 0 aliphatic carbocycles. The molecule has 1 N–H and O–H groups in total. The smallest absolute Gasteiger partial charge is 0.264 e. The number of aliphatic imine (C=N–C) groups is 1. The molecule has 7 heteroatoms. The van der Waals surface area contributed by atoms with Gasteiger partial charge in [-0.05, 0) is 54.6 Å². The Bertz CT molecular complexity index is 891. The van der Waals surface area contributed by atoms with Gasteiger partial charge in [-0.1, -0.05) is 12.1 Å². The average Bonchev–Trinajstić information content (AvgIpc) is 3.02. The highest BCUT2D eigenvalue weighted by Crippen LogP contribution is 2.34. The van der Waals surface area contributed by atoms with Crippen molar-refractivity contribution in [3.8, 4) is 17.2 Å². The second-order valence-corrected chi connectivity index (χ2v) is 6.55. The van der Waals surface area contributed by atoms with Gasteiger partial charge < -0.3 is 19.5 Å². The molecule has 6 nitrogen and oxygen atoms in total. The molecule has 0 spiro atoms. The Balaban J connectivity index is 1.79. The number of hydrogen-bond donors (Lipinski definition) is 1. The van der Waals surface area contributed by atoms with Crippen molar-refractivity contribution in [1.82, 2.24) is 5.32 Å². The quantitative estimate of drug-likeness (QED) is 0.763. The Morgan fingerprint density at radius 1 is 1.07 bits per heavy atom. The van der Waals surface area contributed by atoms with E-state index in [2.05, 4.69) is 10.3 Å². The van der Waals surface area contributed by atoms with Crippen LogP contribution in [0.3, 0.4) is 0 Å². The van der Waals surface area contributed by atoms with Gasteiger partial charge in [0, 0.05) is 6.07 Å². The summed E-state index contributed by atoms with van der Waals surface area (Å²) in [5.74, 6) is 1.87. The monoisotopic (exact) mass is 384 g/mol. The summed E-state index contributed by atoms with van der Waals surface area (Å²) in [6.07, 6.45) is 1.82. The van der Waals surface area contributed by atoms with Crippen molar-refractivity contribution < 1.29 is 19.0 Å². The molecule has 1 saturated heterocycles. The summed E-state index contributed by atoms with van der Waals surface area (Å²) in [6.45, 7) is 2.56. The first-order valence-electron chi connectivity index (χ1n) is 8.37. The lowest BCUT2D eigenvalue weighted by Crippen LogP contribution is -2.19. The zero-order valence-electron chi connectivity index (χ0n) is 15.3. The molecular weight excluding hydrogens is 364 g/mol. The lowest BCUT2D eigenvalue weighted by atomic mass is 10.2. The molecule has 1 amide bonds. The van der Waals surface area contributed by atoms with Crippen molar-refractivity contribution in [1.29, 1.82) is 0 Å². The van der Waals surface area contributed by atoms with Crippen LogP contribution in [0.25, 0.3) is 6.08 Å². The maximum Gasteiger partial charge on any atom is 0.264 e. The van der Waals surface area contributed by atoms with Crippen LogP contribution in [0.2, 0.25) is 0 Å². The minimum atomic E-state index is -0.180. The van der Waals surface area contributed by atoms with E-state index < -0.39 is 0 Å². The Morgan fingerprint density at radius 3 is 2.48 bits per heavy atom. The number of ether oxygens (including phenoxy) is 3. The molecule has 0 saturated carbocycles. The second kappa shape index (κ2) is 8.64. The standard InChI is InChI=1S/C20H20N2O4S/c1-4-26-14-7-5-13(6-8-14)11-18-19(23)22-20(27-18)21-16-10-9-15(24-2)12-17(16)25-3/h5-12H,4H2,1-3H3,(H,21,22,23). The predicted molar refractivity (Wildman–Crippen MR) is 108 cm³/mol. The molecule has 1 aliphatic rings. The van der Waals surface area contributed by atoms with Crippen molar-refractivity contribution >= 4 is 34.6 Å². The zero-order valence-corrected chi connectivity index (χ0v) is 16.1. The number of nitrogens with one attached hydrogen (secondary N) is 1. The maximum absolute atomic E-state index is 12.2. The van der Waals surface area contributed by atoms with Crippen LogP contribution >= 0.6 is 11.8 Å². The van der Waals surface area contributed by atoms with E-state index in [1.165, 1.54) is 11.8 Å². The maximum atomic E-state index is 12.2.